The molecule has 1 fully saturated rings. The lowest BCUT2D eigenvalue weighted by atomic mass is 9.84. The minimum atomic E-state index is -0.669. The summed E-state index contributed by atoms with van der Waals surface area (Å²) < 4.78 is 5.29. The van der Waals surface area contributed by atoms with Crippen molar-refractivity contribution in [2.24, 2.45) is 5.73 Å². The van der Waals surface area contributed by atoms with Gasteiger partial charge >= 0.3 is 0 Å². The van der Waals surface area contributed by atoms with Crippen LogP contribution in [0.4, 0.5) is 0 Å². The topological polar surface area (TPSA) is 52.3 Å². The molecule has 0 bridgehead atoms. The number of carbonyl (C=O) groups excluding carboxylic acids is 1. The largest absolute Gasteiger partial charge is 0.381 e. The van der Waals surface area contributed by atoms with Gasteiger partial charge in [0.05, 0.1) is 5.54 Å². The second-order valence-electron chi connectivity index (χ2n) is 5.83. The molecule has 0 aromatic heterocycles. The van der Waals surface area contributed by atoms with Crippen LogP contribution < -0.4 is 5.73 Å². The predicted molar refractivity (Wildman–Crippen MR) is 74.1 cm³/mol. The van der Waals surface area contributed by atoms with Crippen molar-refractivity contribution < 1.29 is 9.53 Å². The Morgan fingerprint density at radius 3 is 2.74 bits per heavy atom. The van der Waals surface area contributed by atoms with Crippen molar-refractivity contribution >= 4 is 5.78 Å². The highest BCUT2D eigenvalue weighted by molar-refractivity contribution is 5.90. The van der Waals surface area contributed by atoms with Gasteiger partial charge in [-0.25, -0.2) is 0 Å². The summed E-state index contributed by atoms with van der Waals surface area (Å²) in [4.78, 5) is 12.4. The average Bonchev–Trinajstić information content (AvgIpc) is 2.87. The monoisotopic (exact) mass is 259 g/mol. The molecule has 3 nitrogen and oxygen atoms in total. The Hall–Kier alpha value is -1.19. The van der Waals surface area contributed by atoms with E-state index in [0.29, 0.717) is 32.5 Å². The molecule has 0 saturated carbocycles. The van der Waals surface area contributed by atoms with E-state index in [1.807, 2.05) is 0 Å². The number of benzene rings is 1. The van der Waals surface area contributed by atoms with E-state index in [0.717, 1.165) is 12.0 Å². The van der Waals surface area contributed by atoms with Crippen molar-refractivity contribution in [1.29, 1.82) is 0 Å². The van der Waals surface area contributed by atoms with E-state index in [-0.39, 0.29) is 5.78 Å². The zero-order chi connectivity index (χ0) is 13.3. The van der Waals surface area contributed by atoms with Gasteiger partial charge in [0.2, 0.25) is 0 Å². The molecule has 1 saturated heterocycles. The molecule has 2 N–H and O–H groups in total. The third-order valence-electron chi connectivity index (χ3n) is 4.47. The van der Waals surface area contributed by atoms with Gasteiger partial charge in [-0.15, -0.1) is 0 Å². The number of Topliss-reactive ketones (excluding diaryl/α,β-unsaturated/α-hetero) is 1. The summed E-state index contributed by atoms with van der Waals surface area (Å²) in [5.74, 6) is 0.161. The quantitative estimate of drug-likeness (QED) is 0.900. The van der Waals surface area contributed by atoms with Crippen LogP contribution in [-0.4, -0.2) is 24.5 Å². The van der Waals surface area contributed by atoms with Crippen LogP contribution in [0.3, 0.4) is 0 Å². The van der Waals surface area contributed by atoms with Gasteiger partial charge in [-0.1, -0.05) is 18.2 Å². The lowest BCUT2D eigenvalue weighted by Crippen LogP contribution is -2.52. The average molecular weight is 259 g/mol. The van der Waals surface area contributed by atoms with Crippen molar-refractivity contribution in [1.82, 2.24) is 0 Å². The van der Waals surface area contributed by atoms with E-state index in [1.165, 1.54) is 24.0 Å². The summed E-state index contributed by atoms with van der Waals surface area (Å²) in [6.45, 7) is 1.21. The molecule has 0 amide bonds. The lowest BCUT2D eigenvalue weighted by molar-refractivity contribution is -0.126. The maximum Gasteiger partial charge on any atom is 0.157 e. The summed E-state index contributed by atoms with van der Waals surface area (Å²) in [5.41, 5.74) is 9.55. The highest BCUT2D eigenvalue weighted by atomic mass is 16.5. The smallest absolute Gasteiger partial charge is 0.157 e. The van der Waals surface area contributed by atoms with Crippen LogP contribution in [0.15, 0.2) is 18.2 Å². The van der Waals surface area contributed by atoms with Crippen molar-refractivity contribution in [3.8, 4) is 0 Å². The number of hydrogen-bond acceptors (Lipinski definition) is 3. The first-order valence-electron chi connectivity index (χ1n) is 7.18. The van der Waals surface area contributed by atoms with Crippen molar-refractivity contribution in [2.75, 3.05) is 13.2 Å². The molecule has 102 valence electrons. The molecule has 1 aliphatic heterocycles. The second kappa shape index (κ2) is 5.06. The Morgan fingerprint density at radius 1 is 1.21 bits per heavy atom. The third-order valence-corrected chi connectivity index (χ3v) is 4.47. The van der Waals surface area contributed by atoms with Crippen LogP contribution >= 0.6 is 0 Å². The van der Waals surface area contributed by atoms with Gasteiger partial charge in [0.1, 0.15) is 0 Å². The molecule has 0 atom stereocenters. The zero-order valence-corrected chi connectivity index (χ0v) is 11.3. The maximum atomic E-state index is 12.4. The Balaban J connectivity index is 1.72. The zero-order valence-electron chi connectivity index (χ0n) is 11.3. The SMILES string of the molecule is NC1(C(=O)Cc2ccc3c(c2)CCC3)CCOCC1. The molecule has 2 aliphatic rings. The summed E-state index contributed by atoms with van der Waals surface area (Å²) >= 11 is 0. The van der Waals surface area contributed by atoms with Gasteiger partial charge in [0.15, 0.2) is 5.78 Å². The number of nitrogens with two attached hydrogens (primary N) is 1. The molecule has 1 aromatic rings. The first-order chi connectivity index (χ1) is 9.17. The molecule has 1 aromatic carbocycles. The van der Waals surface area contributed by atoms with Crippen LogP contribution in [0, 0.1) is 0 Å². The third kappa shape index (κ3) is 2.58. The summed E-state index contributed by atoms with van der Waals surface area (Å²) in [6, 6.07) is 6.46. The van der Waals surface area contributed by atoms with Crippen LogP contribution in [0.1, 0.15) is 36.0 Å². The fourth-order valence-corrected chi connectivity index (χ4v) is 3.11. The van der Waals surface area contributed by atoms with Crippen molar-refractivity contribution in [3.05, 3.63) is 34.9 Å². The molecule has 0 spiro atoms. The molecular formula is C16H21NO2. The van der Waals surface area contributed by atoms with E-state index in [4.69, 9.17) is 10.5 Å². The Labute approximate surface area is 114 Å². The molecule has 0 unspecified atom stereocenters. The first kappa shape index (κ1) is 12.8. The number of hydrogen-bond donors (Lipinski definition) is 1. The highest BCUT2D eigenvalue weighted by Gasteiger charge is 2.35. The second-order valence-corrected chi connectivity index (χ2v) is 5.83. The van der Waals surface area contributed by atoms with E-state index in [9.17, 15) is 4.79 Å². The highest BCUT2D eigenvalue weighted by Crippen LogP contribution is 2.25. The van der Waals surface area contributed by atoms with Crippen LogP contribution in [-0.2, 0) is 28.8 Å². The normalized spacial score (nSPS) is 21.1. The van der Waals surface area contributed by atoms with E-state index in [2.05, 4.69) is 18.2 Å². The fourth-order valence-electron chi connectivity index (χ4n) is 3.11. The maximum absolute atomic E-state index is 12.4. The number of rotatable bonds is 3. The van der Waals surface area contributed by atoms with Crippen LogP contribution in [0.5, 0.6) is 0 Å². The van der Waals surface area contributed by atoms with Crippen LogP contribution in [0.25, 0.3) is 0 Å². The molecule has 1 aliphatic carbocycles. The summed E-state index contributed by atoms with van der Waals surface area (Å²) in [7, 11) is 0. The minimum absolute atomic E-state index is 0.161. The van der Waals surface area contributed by atoms with Crippen molar-refractivity contribution in [3.63, 3.8) is 0 Å². The molecular weight excluding hydrogens is 238 g/mol. The fraction of sp³-hybridized carbons (Fsp3) is 0.562. The Bertz CT molecular complexity index is 490. The van der Waals surface area contributed by atoms with Gasteiger partial charge in [0.25, 0.3) is 0 Å². The van der Waals surface area contributed by atoms with Crippen molar-refractivity contribution in [2.45, 2.75) is 44.1 Å². The Kier molecular flexibility index (Phi) is 3.42. The standard InChI is InChI=1S/C16H21NO2/c17-16(6-8-19-9-7-16)15(18)11-12-4-5-13-2-1-3-14(13)10-12/h4-5,10H,1-3,6-9,11,17H2. The minimum Gasteiger partial charge on any atom is -0.381 e. The van der Waals surface area contributed by atoms with Gasteiger partial charge in [0, 0.05) is 19.6 Å². The van der Waals surface area contributed by atoms with Gasteiger partial charge in [-0.05, 0) is 48.8 Å². The molecule has 1 heterocycles. The number of aryl methyl sites for hydroxylation is 2. The molecule has 0 radical (unpaired) electrons. The van der Waals surface area contributed by atoms with Gasteiger partial charge < -0.3 is 10.5 Å². The number of carbonyl (C=O) groups is 1. The van der Waals surface area contributed by atoms with E-state index >= 15 is 0 Å². The summed E-state index contributed by atoms with van der Waals surface area (Å²) in [6.07, 6.45) is 5.34. The Morgan fingerprint density at radius 2 is 1.95 bits per heavy atom. The molecule has 19 heavy (non-hydrogen) atoms. The molecule has 3 rings (SSSR count). The first-order valence-corrected chi connectivity index (χ1v) is 7.18. The lowest BCUT2D eigenvalue weighted by Gasteiger charge is -2.31. The van der Waals surface area contributed by atoms with Gasteiger partial charge in [-0.3, -0.25) is 4.79 Å². The summed E-state index contributed by atoms with van der Waals surface area (Å²) in [5, 5.41) is 0. The van der Waals surface area contributed by atoms with E-state index in [1.54, 1.807) is 0 Å². The van der Waals surface area contributed by atoms with Crippen LogP contribution in [0.2, 0.25) is 0 Å². The van der Waals surface area contributed by atoms with E-state index < -0.39 is 5.54 Å². The molecule has 3 heteroatoms. The number of ether oxygens (including phenoxy) is 1. The predicted octanol–water partition coefficient (Wildman–Crippen LogP) is 1.79. The number of ketones is 1. The number of fused-ring (bicyclic) bond motifs is 1. The van der Waals surface area contributed by atoms with Gasteiger partial charge in [-0.2, -0.15) is 0 Å².